The third-order valence-corrected chi connectivity index (χ3v) is 3.64. The molecule has 1 heterocycles. The summed E-state index contributed by atoms with van der Waals surface area (Å²) in [5.41, 5.74) is -1.28. The molecule has 2 rings (SSSR count). The lowest BCUT2D eigenvalue weighted by Crippen LogP contribution is -2.48. The second-order valence-corrected chi connectivity index (χ2v) is 5.32. The quantitative estimate of drug-likeness (QED) is 0.634. The summed E-state index contributed by atoms with van der Waals surface area (Å²) in [6, 6.07) is 5.10. The maximum absolute atomic E-state index is 12.6. The van der Waals surface area contributed by atoms with E-state index in [4.69, 9.17) is 9.84 Å². The zero-order valence-corrected chi connectivity index (χ0v) is 12.5. The first-order chi connectivity index (χ1) is 11.0. The first-order valence-electron chi connectivity index (χ1n) is 7.38. The molecule has 0 aromatic carbocycles. The van der Waals surface area contributed by atoms with E-state index < -0.39 is 23.4 Å². The smallest absolute Gasteiger partial charge is 0.332 e. The van der Waals surface area contributed by atoms with Crippen molar-refractivity contribution in [1.29, 1.82) is 0 Å². The van der Waals surface area contributed by atoms with Gasteiger partial charge in [0.15, 0.2) is 5.60 Å². The van der Waals surface area contributed by atoms with Crippen LogP contribution >= 0.6 is 0 Å². The van der Waals surface area contributed by atoms with E-state index in [1.165, 1.54) is 0 Å². The maximum Gasteiger partial charge on any atom is 0.332 e. The molecule has 1 aromatic rings. The summed E-state index contributed by atoms with van der Waals surface area (Å²) in [7, 11) is 0. The van der Waals surface area contributed by atoms with Gasteiger partial charge in [-0.1, -0.05) is 12.5 Å². The fourth-order valence-corrected chi connectivity index (χ4v) is 2.53. The zero-order chi connectivity index (χ0) is 16.7. The molecule has 23 heavy (non-hydrogen) atoms. The first kappa shape index (κ1) is 16.7. The molecular formula is C16H18N2O5. The number of carbonyl (C=O) groups excluding carboxylic acids is 2. The first-order valence-corrected chi connectivity index (χ1v) is 7.38. The van der Waals surface area contributed by atoms with Crippen molar-refractivity contribution < 1.29 is 24.2 Å². The standard InChI is InChI=1S/C16H18N2O5/c19-13(20)7-8-14(21)23-16(9-3-1-4-10-16)15(22)18-12-6-2-5-11-17-12/h2,5-8,11H,1,3-4,9-10H2,(H,19,20)(H,17,18,22)/b8-7-. The van der Waals surface area contributed by atoms with Crippen LogP contribution in [-0.4, -0.2) is 33.5 Å². The number of hydrogen-bond donors (Lipinski definition) is 2. The molecule has 7 heteroatoms. The number of carboxylic acid groups (broad SMARTS) is 1. The summed E-state index contributed by atoms with van der Waals surface area (Å²) in [6.07, 6.45) is 6.32. The topological polar surface area (TPSA) is 106 Å². The van der Waals surface area contributed by atoms with Crippen molar-refractivity contribution in [1.82, 2.24) is 4.98 Å². The van der Waals surface area contributed by atoms with Gasteiger partial charge in [-0.3, -0.25) is 4.79 Å². The molecule has 0 aliphatic heterocycles. The van der Waals surface area contributed by atoms with Crippen molar-refractivity contribution in [3.63, 3.8) is 0 Å². The summed E-state index contributed by atoms with van der Waals surface area (Å²) in [4.78, 5) is 38.9. The number of pyridine rings is 1. The van der Waals surface area contributed by atoms with Gasteiger partial charge in [0.2, 0.25) is 0 Å². The summed E-state index contributed by atoms with van der Waals surface area (Å²) >= 11 is 0. The number of anilines is 1. The molecule has 1 aliphatic rings. The SMILES string of the molecule is O=C(O)/C=C\C(=O)OC1(C(=O)Nc2ccccn2)CCCCC1. The number of ether oxygens (including phenoxy) is 1. The number of rotatable bonds is 5. The Labute approximate surface area is 133 Å². The van der Waals surface area contributed by atoms with Crippen LogP contribution in [0.25, 0.3) is 0 Å². The summed E-state index contributed by atoms with van der Waals surface area (Å²) < 4.78 is 5.33. The number of carbonyl (C=O) groups is 3. The Balaban J connectivity index is 2.13. The van der Waals surface area contributed by atoms with E-state index in [0.29, 0.717) is 24.7 Å². The minimum absolute atomic E-state index is 0.375. The fraction of sp³-hybridized carbons (Fsp3) is 0.375. The number of aromatic nitrogens is 1. The van der Waals surface area contributed by atoms with Crippen molar-refractivity contribution in [2.24, 2.45) is 0 Å². The number of carboxylic acids is 1. The van der Waals surface area contributed by atoms with Crippen LogP contribution in [0.2, 0.25) is 0 Å². The van der Waals surface area contributed by atoms with Crippen LogP contribution in [0.5, 0.6) is 0 Å². The monoisotopic (exact) mass is 318 g/mol. The number of aliphatic carboxylic acids is 1. The molecular weight excluding hydrogens is 300 g/mol. The Bertz CT molecular complexity index is 606. The van der Waals surface area contributed by atoms with E-state index in [1.54, 1.807) is 24.4 Å². The van der Waals surface area contributed by atoms with Crippen LogP contribution in [0.4, 0.5) is 5.82 Å². The molecule has 2 N–H and O–H groups in total. The third-order valence-electron chi connectivity index (χ3n) is 3.64. The molecule has 0 bridgehead atoms. The van der Waals surface area contributed by atoms with Gasteiger partial charge in [-0.15, -0.1) is 0 Å². The average molecular weight is 318 g/mol. The molecule has 0 radical (unpaired) electrons. The number of nitrogens with zero attached hydrogens (tertiary/aromatic N) is 1. The van der Waals surface area contributed by atoms with Crippen molar-refractivity contribution in [3.8, 4) is 0 Å². The Hall–Kier alpha value is -2.70. The number of hydrogen-bond acceptors (Lipinski definition) is 5. The highest BCUT2D eigenvalue weighted by atomic mass is 16.6. The van der Waals surface area contributed by atoms with Gasteiger partial charge < -0.3 is 15.2 Å². The van der Waals surface area contributed by atoms with E-state index in [0.717, 1.165) is 25.3 Å². The van der Waals surface area contributed by atoms with Gasteiger partial charge in [-0.05, 0) is 37.8 Å². The minimum Gasteiger partial charge on any atom is -0.478 e. The highest BCUT2D eigenvalue weighted by Crippen LogP contribution is 2.33. The molecule has 1 aliphatic carbocycles. The lowest BCUT2D eigenvalue weighted by atomic mass is 9.83. The van der Waals surface area contributed by atoms with Gasteiger partial charge in [-0.2, -0.15) is 0 Å². The van der Waals surface area contributed by atoms with Gasteiger partial charge in [0.1, 0.15) is 5.82 Å². The van der Waals surface area contributed by atoms with Crippen molar-refractivity contribution in [2.75, 3.05) is 5.32 Å². The molecule has 1 aromatic heterocycles. The van der Waals surface area contributed by atoms with Crippen molar-refractivity contribution in [3.05, 3.63) is 36.5 Å². The summed E-state index contributed by atoms with van der Waals surface area (Å²) in [5.74, 6) is -2.16. The predicted molar refractivity (Wildman–Crippen MR) is 81.6 cm³/mol. The van der Waals surface area contributed by atoms with E-state index in [-0.39, 0.29) is 0 Å². The highest BCUT2D eigenvalue weighted by molar-refractivity contribution is 5.99. The van der Waals surface area contributed by atoms with Crippen molar-refractivity contribution in [2.45, 2.75) is 37.7 Å². The second kappa shape index (κ2) is 7.53. The molecule has 1 saturated carbocycles. The summed E-state index contributed by atoms with van der Waals surface area (Å²) in [6.45, 7) is 0. The lowest BCUT2D eigenvalue weighted by Gasteiger charge is -2.34. The number of amides is 1. The Morgan fingerprint density at radius 1 is 1.17 bits per heavy atom. The number of esters is 1. The van der Waals surface area contributed by atoms with Crippen LogP contribution in [0.1, 0.15) is 32.1 Å². The van der Waals surface area contributed by atoms with Gasteiger partial charge in [0.25, 0.3) is 5.91 Å². The largest absolute Gasteiger partial charge is 0.478 e. The van der Waals surface area contributed by atoms with E-state index in [1.807, 2.05) is 0 Å². The van der Waals surface area contributed by atoms with Gasteiger partial charge in [-0.25, -0.2) is 14.6 Å². The normalized spacial score (nSPS) is 16.7. The molecule has 0 atom stereocenters. The van der Waals surface area contributed by atoms with E-state index in [2.05, 4.69) is 10.3 Å². The van der Waals surface area contributed by atoms with Crippen LogP contribution in [0, 0.1) is 0 Å². The van der Waals surface area contributed by atoms with E-state index >= 15 is 0 Å². The molecule has 0 spiro atoms. The Kier molecular flexibility index (Phi) is 5.46. The molecule has 1 amide bonds. The lowest BCUT2D eigenvalue weighted by molar-refractivity contribution is -0.165. The average Bonchev–Trinajstić information content (AvgIpc) is 2.55. The number of nitrogens with one attached hydrogen (secondary N) is 1. The minimum atomic E-state index is -1.28. The fourth-order valence-electron chi connectivity index (χ4n) is 2.53. The predicted octanol–water partition coefficient (Wildman–Crippen LogP) is 1.91. The van der Waals surface area contributed by atoms with Crippen molar-refractivity contribution >= 4 is 23.7 Å². The highest BCUT2D eigenvalue weighted by Gasteiger charge is 2.43. The van der Waals surface area contributed by atoms with Gasteiger partial charge >= 0.3 is 11.9 Å². The van der Waals surface area contributed by atoms with E-state index in [9.17, 15) is 14.4 Å². The molecule has 122 valence electrons. The third kappa shape index (κ3) is 4.64. The van der Waals surface area contributed by atoms with Crippen LogP contribution < -0.4 is 5.32 Å². The molecule has 1 fully saturated rings. The van der Waals surface area contributed by atoms with Crippen LogP contribution in [-0.2, 0) is 19.1 Å². The molecule has 0 unspecified atom stereocenters. The Morgan fingerprint density at radius 3 is 2.52 bits per heavy atom. The summed E-state index contributed by atoms with van der Waals surface area (Å²) in [5, 5.41) is 11.2. The van der Waals surface area contributed by atoms with Crippen LogP contribution in [0.3, 0.4) is 0 Å². The van der Waals surface area contributed by atoms with Gasteiger partial charge in [0, 0.05) is 18.3 Å². The molecule has 7 nitrogen and oxygen atoms in total. The van der Waals surface area contributed by atoms with Crippen LogP contribution in [0.15, 0.2) is 36.5 Å². The van der Waals surface area contributed by atoms with Gasteiger partial charge in [0.05, 0.1) is 0 Å². The maximum atomic E-state index is 12.6. The molecule has 0 saturated heterocycles. The zero-order valence-electron chi connectivity index (χ0n) is 12.5. The second-order valence-electron chi connectivity index (χ2n) is 5.32. The Morgan fingerprint density at radius 2 is 1.91 bits per heavy atom.